The molecule has 1 rings (SSSR count). The van der Waals surface area contributed by atoms with Crippen molar-refractivity contribution < 1.29 is 0 Å². The largest absolute Gasteiger partial charge is 0.312 e. The van der Waals surface area contributed by atoms with Crippen molar-refractivity contribution in [3.63, 3.8) is 0 Å². The maximum absolute atomic E-state index is 3.74. The second-order valence-electron chi connectivity index (χ2n) is 1.49. The van der Waals surface area contributed by atoms with Crippen molar-refractivity contribution in [1.29, 1.82) is 0 Å². The van der Waals surface area contributed by atoms with Gasteiger partial charge < -0.3 is 5.32 Å². The van der Waals surface area contributed by atoms with Gasteiger partial charge in [-0.05, 0) is 0 Å². The van der Waals surface area contributed by atoms with E-state index in [1.165, 1.54) is 5.57 Å². The highest BCUT2D eigenvalue weighted by atomic mass is 14.9. The average Bonchev–Trinajstić information content (AvgIpc) is 1.86. The van der Waals surface area contributed by atoms with Crippen LogP contribution in [0.1, 0.15) is 0 Å². The minimum Gasteiger partial charge on any atom is -0.312 e. The summed E-state index contributed by atoms with van der Waals surface area (Å²) in [5.41, 5.74) is 1.22. The molecule has 0 bridgehead atoms. The van der Waals surface area contributed by atoms with Crippen LogP contribution in [0.2, 0.25) is 0 Å². The van der Waals surface area contributed by atoms with Crippen LogP contribution in [0.15, 0.2) is 12.2 Å². The van der Waals surface area contributed by atoms with Crippen LogP contribution in [0, 0.1) is 6.42 Å². The van der Waals surface area contributed by atoms with Crippen LogP contribution in [0.25, 0.3) is 0 Å². The topological polar surface area (TPSA) is 12.0 Å². The lowest BCUT2D eigenvalue weighted by Gasteiger charge is -1.79. The number of nitrogens with one attached hydrogen (secondary N) is 1. The van der Waals surface area contributed by atoms with Gasteiger partial charge in [0.2, 0.25) is 0 Å². The fourth-order valence-corrected chi connectivity index (χ4v) is 0.521. The first-order valence-corrected chi connectivity index (χ1v) is 2.11. The van der Waals surface area contributed by atoms with Crippen LogP contribution < -0.4 is 5.32 Å². The number of hydrogen-bond acceptors (Lipinski definition) is 1. The van der Waals surface area contributed by atoms with Gasteiger partial charge >= 0.3 is 0 Å². The van der Waals surface area contributed by atoms with E-state index in [1.54, 1.807) is 0 Å². The van der Waals surface area contributed by atoms with E-state index < -0.39 is 0 Å². The zero-order valence-electron chi connectivity index (χ0n) is 3.70. The summed E-state index contributed by atoms with van der Waals surface area (Å²) in [6, 6.07) is 0. The molecule has 0 amide bonds. The zero-order chi connectivity index (χ0) is 4.41. The monoisotopic (exact) mass is 82.1 g/mol. The van der Waals surface area contributed by atoms with Crippen molar-refractivity contribution >= 4 is 0 Å². The summed E-state index contributed by atoms with van der Waals surface area (Å²) in [6.45, 7) is 5.73. The first-order chi connectivity index (χ1) is 2.89. The molecule has 0 atom stereocenters. The molecule has 1 aliphatic heterocycles. The summed E-state index contributed by atoms with van der Waals surface area (Å²) in [4.78, 5) is 0. The second kappa shape index (κ2) is 1.43. The van der Waals surface area contributed by atoms with E-state index in [9.17, 15) is 0 Å². The number of rotatable bonds is 0. The first-order valence-electron chi connectivity index (χ1n) is 2.11. The maximum Gasteiger partial charge on any atom is 0.0165 e. The van der Waals surface area contributed by atoms with Crippen LogP contribution in [-0.4, -0.2) is 13.1 Å². The fourth-order valence-electron chi connectivity index (χ4n) is 0.521. The standard InChI is InChI=1S/C5H8N/c1-5-2-3-6-4-5/h2,6H,1,3-4H2. The Hall–Kier alpha value is -0.300. The van der Waals surface area contributed by atoms with Crippen molar-refractivity contribution in [1.82, 2.24) is 5.32 Å². The van der Waals surface area contributed by atoms with Crippen molar-refractivity contribution in [2.24, 2.45) is 0 Å². The Bertz CT molecular complexity index is 58.3. The molecule has 0 unspecified atom stereocenters. The van der Waals surface area contributed by atoms with Gasteiger partial charge in [-0.2, -0.15) is 0 Å². The van der Waals surface area contributed by atoms with Crippen molar-refractivity contribution in [2.45, 2.75) is 0 Å². The Morgan fingerprint density at radius 1 is 1.83 bits per heavy atom. The molecule has 1 nitrogen and oxygen atoms in total. The summed E-state index contributed by atoms with van der Waals surface area (Å²) in [5.74, 6) is 0. The Morgan fingerprint density at radius 3 is 2.83 bits per heavy atom. The van der Waals surface area contributed by atoms with E-state index in [4.69, 9.17) is 0 Å². The van der Waals surface area contributed by atoms with Gasteiger partial charge in [0.25, 0.3) is 0 Å². The molecule has 33 valence electrons. The van der Waals surface area contributed by atoms with Gasteiger partial charge in [-0.1, -0.05) is 12.2 Å². The molecule has 0 aromatic heterocycles. The predicted molar refractivity (Wildman–Crippen MR) is 26.3 cm³/mol. The van der Waals surface area contributed by atoms with Crippen molar-refractivity contribution in [3.05, 3.63) is 18.6 Å². The maximum atomic E-state index is 3.74. The smallest absolute Gasteiger partial charge is 0.0165 e. The van der Waals surface area contributed by atoms with E-state index in [1.807, 2.05) is 0 Å². The molecule has 1 fully saturated rings. The molecule has 0 saturated carbocycles. The highest BCUT2D eigenvalue weighted by molar-refractivity contribution is 5.15. The Morgan fingerprint density at radius 2 is 2.67 bits per heavy atom. The molecule has 1 aliphatic rings. The normalized spacial score (nSPS) is 22.3. The van der Waals surface area contributed by atoms with Crippen molar-refractivity contribution in [2.75, 3.05) is 13.1 Å². The number of hydrogen-bond donors (Lipinski definition) is 1. The summed E-state index contributed by atoms with van der Waals surface area (Å²) in [7, 11) is 0. The van der Waals surface area contributed by atoms with Gasteiger partial charge in [0.1, 0.15) is 0 Å². The Kier molecular flexibility index (Phi) is 0.926. The molecule has 1 N–H and O–H groups in total. The van der Waals surface area contributed by atoms with Crippen LogP contribution in [-0.2, 0) is 0 Å². The van der Waals surface area contributed by atoms with Gasteiger partial charge in [-0.15, -0.1) is 0 Å². The Balaban J connectivity index is 2.37. The Labute approximate surface area is 38.1 Å². The molecule has 1 radical (unpaired) electrons. The lowest BCUT2D eigenvalue weighted by Crippen LogP contribution is -2.04. The molecule has 0 spiro atoms. The second-order valence-corrected chi connectivity index (χ2v) is 1.49. The molecule has 1 heterocycles. The molecule has 0 aliphatic carbocycles. The molecular weight excluding hydrogens is 74.1 g/mol. The molecule has 1 heteroatoms. The third-order valence-electron chi connectivity index (χ3n) is 0.887. The lowest BCUT2D eigenvalue weighted by molar-refractivity contribution is 0.895. The molecule has 1 saturated heterocycles. The van der Waals surface area contributed by atoms with Crippen molar-refractivity contribution in [3.8, 4) is 0 Å². The van der Waals surface area contributed by atoms with E-state index in [-0.39, 0.29) is 0 Å². The SMILES string of the molecule is C=C1[CH]CNC1. The predicted octanol–water partition coefficient (Wildman–Crippen LogP) is 0.350. The quantitative estimate of drug-likeness (QED) is 0.444. The molecule has 6 heavy (non-hydrogen) atoms. The van der Waals surface area contributed by atoms with E-state index in [0.717, 1.165) is 13.1 Å². The highest BCUT2D eigenvalue weighted by Gasteiger charge is 1.99. The lowest BCUT2D eigenvalue weighted by atomic mass is 10.3. The summed E-state index contributed by atoms with van der Waals surface area (Å²) in [5, 5.41) is 3.12. The van der Waals surface area contributed by atoms with Gasteiger partial charge in [0.05, 0.1) is 0 Å². The third kappa shape index (κ3) is 0.601. The van der Waals surface area contributed by atoms with Crippen LogP contribution in [0.3, 0.4) is 0 Å². The van der Waals surface area contributed by atoms with Gasteiger partial charge in [0.15, 0.2) is 0 Å². The molecule has 0 aromatic rings. The minimum absolute atomic E-state index is 0.986. The van der Waals surface area contributed by atoms with Crippen LogP contribution >= 0.6 is 0 Å². The van der Waals surface area contributed by atoms with Gasteiger partial charge in [-0.3, -0.25) is 0 Å². The summed E-state index contributed by atoms with van der Waals surface area (Å²) >= 11 is 0. The van der Waals surface area contributed by atoms with Gasteiger partial charge in [-0.25, -0.2) is 0 Å². The summed E-state index contributed by atoms with van der Waals surface area (Å²) in [6.07, 6.45) is 2.10. The zero-order valence-corrected chi connectivity index (χ0v) is 3.70. The van der Waals surface area contributed by atoms with Crippen LogP contribution in [0.4, 0.5) is 0 Å². The fraction of sp³-hybridized carbons (Fsp3) is 0.400. The highest BCUT2D eigenvalue weighted by Crippen LogP contribution is 1.97. The van der Waals surface area contributed by atoms with E-state index in [0.29, 0.717) is 0 Å². The van der Waals surface area contributed by atoms with Gasteiger partial charge in [0, 0.05) is 19.5 Å². The molecule has 0 aromatic carbocycles. The average molecular weight is 82.1 g/mol. The van der Waals surface area contributed by atoms with E-state index in [2.05, 4.69) is 18.3 Å². The van der Waals surface area contributed by atoms with E-state index >= 15 is 0 Å². The molecular formula is C5H8N. The third-order valence-corrected chi connectivity index (χ3v) is 0.887. The van der Waals surface area contributed by atoms with Crippen LogP contribution in [0.5, 0.6) is 0 Å². The first kappa shape index (κ1) is 3.88. The minimum atomic E-state index is 0.986. The summed E-state index contributed by atoms with van der Waals surface area (Å²) < 4.78 is 0.